The molecule has 0 saturated carbocycles. The van der Waals surface area contributed by atoms with Crippen LogP contribution < -0.4 is 0 Å². The maximum atomic E-state index is 6.40. The maximum absolute atomic E-state index is 6.40. The fraction of sp³-hybridized carbons (Fsp3) is 0.667. The van der Waals surface area contributed by atoms with Crippen molar-refractivity contribution in [3.05, 3.63) is 23.7 Å². The van der Waals surface area contributed by atoms with Crippen molar-refractivity contribution < 1.29 is 23.7 Å². The summed E-state index contributed by atoms with van der Waals surface area (Å²) in [4.78, 5) is 8.42. The Morgan fingerprint density at radius 2 is 1.81 bits per heavy atom. The molecule has 0 N–H and O–H groups in total. The predicted molar refractivity (Wildman–Crippen MR) is 95.2 cm³/mol. The second-order valence-electron chi connectivity index (χ2n) is 8.05. The van der Waals surface area contributed by atoms with Crippen molar-refractivity contribution >= 4 is 22.6 Å². The van der Waals surface area contributed by atoms with Crippen LogP contribution in [0.15, 0.2) is 18.6 Å². The molecule has 0 aromatic carbocycles. The molecule has 5 atom stereocenters. The molecule has 0 amide bonds. The molecule has 3 aliphatic heterocycles. The lowest BCUT2D eigenvalue weighted by molar-refractivity contribution is -0.215. The van der Waals surface area contributed by atoms with Crippen LogP contribution in [0.1, 0.15) is 33.9 Å². The molecule has 0 bridgehead atoms. The largest absolute Gasteiger partial charge is 0.348 e. The van der Waals surface area contributed by atoms with Crippen molar-refractivity contribution in [2.24, 2.45) is 0 Å². The van der Waals surface area contributed by atoms with Gasteiger partial charge in [-0.25, -0.2) is 9.97 Å². The van der Waals surface area contributed by atoms with Gasteiger partial charge in [-0.15, -0.1) is 0 Å². The number of hydrogen-bond acceptors (Lipinski definition) is 7. The standard InChI is InChI=1S/C18H22ClN3O5/c1-17(2)23-7-10(25-17)11-12-13(27-18(3,4)26-12)16(24-11)22-6-5-9-14(19)20-8-21-15(9)22/h5-6,8,10-13,16H,7H2,1-4H3/t10?,11-,12+,13+,16+/m0/s1. The van der Waals surface area contributed by atoms with Gasteiger partial charge in [-0.3, -0.25) is 0 Å². The first-order valence-corrected chi connectivity index (χ1v) is 9.42. The van der Waals surface area contributed by atoms with E-state index < -0.39 is 17.8 Å². The molecule has 146 valence electrons. The number of rotatable bonds is 2. The van der Waals surface area contributed by atoms with Gasteiger partial charge in [0.1, 0.15) is 41.5 Å². The third-order valence-electron chi connectivity index (χ3n) is 5.20. The molecule has 3 aliphatic rings. The Morgan fingerprint density at radius 3 is 2.56 bits per heavy atom. The van der Waals surface area contributed by atoms with Crippen LogP contribution in [0.2, 0.25) is 5.15 Å². The van der Waals surface area contributed by atoms with E-state index in [0.29, 0.717) is 17.4 Å². The molecule has 0 aliphatic carbocycles. The summed E-state index contributed by atoms with van der Waals surface area (Å²) in [5.41, 5.74) is 0.691. The highest BCUT2D eigenvalue weighted by molar-refractivity contribution is 6.33. The summed E-state index contributed by atoms with van der Waals surface area (Å²) < 4.78 is 32.5. The first-order chi connectivity index (χ1) is 12.7. The number of fused-ring (bicyclic) bond motifs is 2. The highest BCUT2D eigenvalue weighted by Crippen LogP contribution is 2.46. The van der Waals surface area contributed by atoms with Crippen LogP contribution in [0.3, 0.4) is 0 Å². The van der Waals surface area contributed by atoms with Gasteiger partial charge in [0.25, 0.3) is 0 Å². The van der Waals surface area contributed by atoms with Crippen molar-refractivity contribution in [1.29, 1.82) is 0 Å². The zero-order valence-electron chi connectivity index (χ0n) is 15.6. The Hall–Kier alpha value is -1.29. The van der Waals surface area contributed by atoms with E-state index in [1.54, 1.807) is 0 Å². The van der Waals surface area contributed by atoms with Gasteiger partial charge in [0, 0.05) is 6.20 Å². The summed E-state index contributed by atoms with van der Waals surface area (Å²) in [5, 5.41) is 1.17. The molecule has 2 aromatic heterocycles. The van der Waals surface area contributed by atoms with Crippen LogP contribution in [0.4, 0.5) is 0 Å². The van der Waals surface area contributed by atoms with Gasteiger partial charge in [-0.05, 0) is 33.8 Å². The highest BCUT2D eigenvalue weighted by Gasteiger charge is 2.59. The minimum Gasteiger partial charge on any atom is -0.348 e. The molecule has 3 saturated heterocycles. The Morgan fingerprint density at radius 1 is 1.04 bits per heavy atom. The van der Waals surface area contributed by atoms with E-state index in [1.165, 1.54) is 6.33 Å². The number of nitrogens with zero attached hydrogens (tertiary/aromatic N) is 3. The van der Waals surface area contributed by atoms with Crippen molar-refractivity contribution in [3.63, 3.8) is 0 Å². The van der Waals surface area contributed by atoms with Gasteiger partial charge >= 0.3 is 0 Å². The third kappa shape index (κ3) is 2.86. The van der Waals surface area contributed by atoms with Gasteiger partial charge in [-0.1, -0.05) is 11.6 Å². The predicted octanol–water partition coefficient (Wildman–Crippen LogP) is 2.65. The molecule has 0 spiro atoms. The van der Waals surface area contributed by atoms with E-state index in [4.69, 9.17) is 35.3 Å². The van der Waals surface area contributed by atoms with Gasteiger partial charge in [0.2, 0.25) is 0 Å². The average Bonchev–Trinajstić information content (AvgIpc) is 3.29. The lowest BCUT2D eigenvalue weighted by Gasteiger charge is -2.27. The average molecular weight is 396 g/mol. The van der Waals surface area contributed by atoms with Crippen molar-refractivity contribution in [3.8, 4) is 0 Å². The number of ether oxygens (including phenoxy) is 5. The molecular weight excluding hydrogens is 374 g/mol. The molecule has 27 heavy (non-hydrogen) atoms. The van der Waals surface area contributed by atoms with Crippen molar-refractivity contribution in [2.45, 2.75) is 69.9 Å². The molecule has 9 heteroatoms. The van der Waals surface area contributed by atoms with E-state index >= 15 is 0 Å². The van der Waals surface area contributed by atoms with Crippen LogP contribution in [0.5, 0.6) is 0 Å². The quantitative estimate of drug-likeness (QED) is 0.723. The Bertz CT molecular complexity index is 885. The van der Waals surface area contributed by atoms with Crippen LogP contribution >= 0.6 is 11.6 Å². The summed E-state index contributed by atoms with van der Waals surface area (Å²) in [6.45, 7) is 8.04. The Kier molecular flexibility index (Phi) is 3.86. The van der Waals surface area contributed by atoms with E-state index in [-0.39, 0.29) is 24.4 Å². The van der Waals surface area contributed by atoms with E-state index in [2.05, 4.69) is 9.97 Å². The van der Waals surface area contributed by atoms with Gasteiger partial charge in [0.05, 0.1) is 12.0 Å². The van der Waals surface area contributed by atoms with E-state index in [0.717, 1.165) is 5.39 Å². The zero-order chi connectivity index (χ0) is 19.0. The number of hydrogen-bond donors (Lipinski definition) is 0. The Balaban J connectivity index is 1.52. The lowest BCUT2D eigenvalue weighted by atomic mass is 10.1. The minimum atomic E-state index is -0.708. The second-order valence-corrected chi connectivity index (χ2v) is 8.41. The normalized spacial score (nSPS) is 37.1. The van der Waals surface area contributed by atoms with Crippen LogP contribution in [0.25, 0.3) is 11.0 Å². The summed E-state index contributed by atoms with van der Waals surface area (Å²) in [6.07, 6.45) is 1.77. The highest BCUT2D eigenvalue weighted by atomic mass is 35.5. The molecule has 2 aromatic rings. The summed E-state index contributed by atoms with van der Waals surface area (Å²) in [5.74, 6) is -1.35. The summed E-state index contributed by atoms with van der Waals surface area (Å²) in [7, 11) is 0. The van der Waals surface area contributed by atoms with Crippen molar-refractivity contribution in [1.82, 2.24) is 14.5 Å². The maximum Gasteiger partial charge on any atom is 0.164 e. The Labute approximate surface area is 161 Å². The SMILES string of the molecule is CC1(C)OCC([C@@H]2O[C@@H](n3ccc4c(Cl)ncnc43)[C@@H]3OC(C)(C)O[C@@H]32)O1. The first-order valence-electron chi connectivity index (χ1n) is 9.04. The van der Waals surface area contributed by atoms with Crippen LogP contribution in [-0.4, -0.2) is 57.1 Å². The smallest absolute Gasteiger partial charge is 0.164 e. The summed E-state index contributed by atoms with van der Waals surface area (Å²) >= 11 is 6.20. The van der Waals surface area contributed by atoms with Crippen molar-refractivity contribution in [2.75, 3.05) is 6.61 Å². The lowest BCUT2D eigenvalue weighted by Crippen LogP contribution is -2.40. The minimum absolute atomic E-state index is 0.241. The molecule has 8 nitrogen and oxygen atoms in total. The van der Waals surface area contributed by atoms with Crippen LogP contribution in [-0.2, 0) is 23.7 Å². The number of halogens is 1. The zero-order valence-corrected chi connectivity index (χ0v) is 16.3. The van der Waals surface area contributed by atoms with Gasteiger partial charge in [0.15, 0.2) is 17.8 Å². The molecule has 1 unspecified atom stereocenters. The monoisotopic (exact) mass is 395 g/mol. The topological polar surface area (TPSA) is 76.9 Å². The molecule has 3 fully saturated rings. The summed E-state index contributed by atoms with van der Waals surface area (Å²) in [6, 6.07) is 1.88. The first kappa shape index (κ1) is 17.8. The fourth-order valence-corrected chi connectivity index (χ4v) is 4.34. The number of aromatic nitrogens is 3. The molecular formula is C18H22ClN3O5. The third-order valence-corrected chi connectivity index (χ3v) is 5.50. The molecule has 0 radical (unpaired) electrons. The van der Waals surface area contributed by atoms with E-state index in [9.17, 15) is 0 Å². The van der Waals surface area contributed by atoms with Gasteiger partial charge < -0.3 is 28.3 Å². The van der Waals surface area contributed by atoms with E-state index in [1.807, 2.05) is 44.5 Å². The molecule has 5 rings (SSSR count). The fourth-order valence-electron chi connectivity index (χ4n) is 4.15. The van der Waals surface area contributed by atoms with Gasteiger partial charge in [-0.2, -0.15) is 0 Å². The molecule has 5 heterocycles. The van der Waals surface area contributed by atoms with Crippen LogP contribution in [0, 0.1) is 0 Å². The second kappa shape index (κ2) is 5.85.